The molecular weight excluding hydrogens is 432 g/mol. The molecule has 0 aliphatic carbocycles. The van der Waals surface area contributed by atoms with E-state index in [9.17, 15) is 13.2 Å². The van der Waals surface area contributed by atoms with E-state index in [-0.39, 0.29) is 16.0 Å². The number of fused-ring (bicyclic) bond motifs is 3. The summed E-state index contributed by atoms with van der Waals surface area (Å²) in [6.07, 6.45) is 0.770. The summed E-state index contributed by atoms with van der Waals surface area (Å²) in [5.74, 6) is -0.131. The van der Waals surface area contributed by atoms with Crippen molar-refractivity contribution in [2.45, 2.75) is 16.2 Å². The number of halogens is 2. The van der Waals surface area contributed by atoms with Gasteiger partial charge in [0, 0.05) is 22.0 Å². The average Bonchev–Trinajstić information content (AvgIpc) is 2.75. The first-order valence-electron chi connectivity index (χ1n) is 6.66. The maximum Gasteiger partial charge on any atom is 0.207 e. The molecule has 1 aliphatic heterocycles. The first-order chi connectivity index (χ1) is 10.5. The fraction of sp³-hybridized carbons (Fsp3) is 0.188. The molecule has 0 saturated heterocycles. The van der Waals surface area contributed by atoms with Gasteiger partial charge < -0.3 is 0 Å². The number of alkyl halides is 2. The summed E-state index contributed by atoms with van der Waals surface area (Å²) >= 11 is 6.48. The van der Waals surface area contributed by atoms with Crippen LogP contribution in [0.1, 0.15) is 15.9 Å². The lowest BCUT2D eigenvalue weighted by Crippen LogP contribution is -2.03. The highest BCUT2D eigenvalue weighted by Gasteiger charge is 2.33. The van der Waals surface area contributed by atoms with Gasteiger partial charge in [-0.3, -0.25) is 4.79 Å². The number of ketones is 1. The highest BCUT2D eigenvalue weighted by Crippen LogP contribution is 2.43. The molecule has 6 heteroatoms. The van der Waals surface area contributed by atoms with Crippen molar-refractivity contribution < 1.29 is 13.2 Å². The van der Waals surface area contributed by atoms with Crippen molar-refractivity contribution in [2.75, 3.05) is 10.7 Å². The van der Waals surface area contributed by atoms with Crippen LogP contribution < -0.4 is 0 Å². The van der Waals surface area contributed by atoms with Crippen molar-refractivity contribution in [3.8, 4) is 11.1 Å². The van der Waals surface area contributed by atoms with Gasteiger partial charge >= 0.3 is 0 Å². The Labute approximate surface area is 145 Å². The lowest BCUT2D eigenvalue weighted by Gasteiger charge is -2.02. The molecule has 0 spiro atoms. The van der Waals surface area contributed by atoms with Crippen LogP contribution in [0.4, 0.5) is 0 Å². The molecular formula is C16H12Br2O3S. The minimum absolute atomic E-state index is 0.131. The monoisotopic (exact) mass is 442 g/mol. The Bertz CT molecular complexity index is 873. The summed E-state index contributed by atoms with van der Waals surface area (Å²) in [5.41, 5.74) is 2.77. The molecule has 0 atom stereocenters. The highest BCUT2D eigenvalue weighted by molar-refractivity contribution is 9.09. The summed E-state index contributed by atoms with van der Waals surface area (Å²) in [5, 5.41) is 0.955. The SMILES string of the molecule is O=C(CBr)c1ccc2c(c1)S(=O)(=O)c1cc(CCBr)ccc1-2. The van der Waals surface area contributed by atoms with Gasteiger partial charge in [-0.2, -0.15) is 0 Å². The van der Waals surface area contributed by atoms with Crippen LogP contribution in [-0.2, 0) is 16.3 Å². The Balaban J connectivity index is 2.20. The number of Topliss-reactive ketones (excluding diaryl/α,β-unsaturated/α-hetero) is 1. The fourth-order valence-corrected chi connectivity index (χ4v) is 5.15. The van der Waals surface area contributed by atoms with Gasteiger partial charge in [-0.05, 0) is 24.1 Å². The van der Waals surface area contributed by atoms with Crippen molar-refractivity contribution >= 4 is 47.5 Å². The number of hydrogen-bond acceptors (Lipinski definition) is 3. The first-order valence-corrected chi connectivity index (χ1v) is 10.4. The molecule has 0 saturated carbocycles. The molecule has 0 unspecified atom stereocenters. The van der Waals surface area contributed by atoms with Crippen LogP contribution in [0.15, 0.2) is 46.2 Å². The predicted octanol–water partition coefficient (Wildman–Crippen LogP) is 4.01. The Morgan fingerprint density at radius 3 is 2.23 bits per heavy atom. The van der Waals surface area contributed by atoms with Crippen molar-refractivity contribution in [3.05, 3.63) is 47.5 Å². The van der Waals surface area contributed by atoms with E-state index in [1.165, 1.54) is 6.07 Å². The van der Waals surface area contributed by atoms with Gasteiger partial charge in [0.1, 0.15) is 0 Å². The Morgan fingerprint density at radius 1 is 0.955 bits per heavy atom. The summed E-state index contributed by atoms with van der Waals surface area (Å²) in [6, 6.07) is 10.4. The minimum atomic E-state index is -3.55. The highest BCUT2D eigenvalue weighted by atomic mass is 79.9. The van der Waals surface area contributed by atoms with Gasteiger partial charge in [-0.25, -0.2) is 8.42 Å². The van der Waals surface area contributed by atoms with Crippen LogP contribution in [0.25, 0.3) is 11.1 Å². The predicted molar refractivity (Wildman–Crippen MR) is 93.0 cm³/mol. The van der Waals surface area contributed by atoms with Gasteiger partial charge in [0.25, 0.3) is 0 Å². The largest absolute Gasteiger partial charge is 0.293 e. The number of benzene rings is 2. The molecule has 0 radical (unpaired) electrons. The number of carbonyl (C=O) groups excluding carboxylic acids is 1. The second-order valence-corrected chi connectivity index (χ2v) is 8.28. The van der Waals surface area contributed by atoms with Gasteiger partial charge in [0.05, 0.1) is 15.1 Å². The average molecular weight is 444 g/mol. The molecule has 3 nitrogen and oxygen atoms in total. The molecule has 114 valence electrons. The first kappa shape index (κ1) is 15.9. The van der Waals surface area contributed by atoms with E-state index in [1.54, 1.807) is 18.2 Å². The van der Waals surface area contributed by atoms with Crippen LogP contribution >= 0.6 is 31.9 Å². The number of carbonyl (C=O) groups is 1. The molecule has 3 rings (SSSR count). The van der Waals surface area contributed by atoms with Crippen molar-refractivity contribution in [2.24, 2.45) is 0 Å². The molecule has 1 heterocycles. The summed E-state index contributed by atoms with van der Waals surface area (Å²) < 4.78 is 25.5. The molecule has 22 heavy (non-hydrogen) atoms. The second kappa shape index (κ2) is 5.91. The summed E-state index contributed by atoms with van der Waals surface area (Å²) in [7, 11) is -3.55. The molecule has 2 aromatic rings. The van der Waals surface area contributed by atoms with Gasteiger partial charge in [-0.15, -0.1) is 0 Å². The smallest absolute Gasteiger partial charge is 0.207 e. The zero-order valence-corrected chi connectivity index (χ0v) is 15.5. The lowest BCUT2D eigenvalue weighted by molar-refractivity contribution is 0.102. The maximum atomic E-state index is 12.8. The Kier molecular flexibility index (Phi) is 4.27. The van der Waals surface area contributed by atoms with E-state index in [0.29, 0.717) is 21.6 Å². The third kappa shape index (κ3) is 2.47. The molecule has 2 aromatic carbocycles. The van der Waals surface area contributed by atoms with E-state index in [4.69, 9.17) is 0 Å². The van der Waals surface area contributed by atoms with E-state index >= 15 is 0 Å². The minimum Gasteiger partial charge on any atom is -0.293 e. The van der Waals surface area contributed by atoms with Gasteiger partial charge in [0.15, 0.2) is 5.78 Å². The second-order valence-electron chi connectivity index (χ2n) is 5.04. The summed E-state index contributed by atoms with van der Waals surface area (Å²) in [6.45, 7) is 0. The van der Waals surface area contributed by atoms with Gasteiger partial charge in [0.2, 0.25) is 9.84 Å². The van der Waals surface area contributed by atoms with Crippen LogP contribution in [0.5, 0.6) is 0 Å². The number of hydrogen-bond donors (Lipinski definition) is 0. The summed E-state index contributed by atoms with van der Waals surface area (Å²) in [4.78, 5) is 12.4. The maximum absolute atomic E-state index is 12.8. The molecule has 1 aliphatic rings. The van der Waals surface area contributed by atoms with Crippen molar-refractivity contribution in [3.63, 3.8) is 0 Å². The zero-order valence-electron chi connectivity index (χ0n) is 11.5. The van der Waals surface area contributed by atoms with Crippen molar-refractivity contribution in [1.29, 1.82) is 0 Å². The Morgan fingerprint density at radius 2 is 1.59 bits per heavy atom. The molecule has 0 aromatic heterocycles. The molecule has 0 bridgehead atoms. The normalized spacial score (nSPS) is 14.5. The van der Waals surface area contributed by atoms with E-state index in [0.717, 1.165) is 17.3 Å². The number of sulfone groups is 1. The molecule has 0 fully saturated rings. The van der Waals surface area contributed by atoms with E-state index < -0.39 is 9.84 Å². The topological polar surface area (TPSA) is 51.2 Å². The van der Waals surface area contributed by atoms with Gasteiger partial charge in [-0.1, -0.05) is 56.1 Å². The lowest BCUT2D eigenvalue weighted by atomic mass is 10.0. The van der Waals surface area contributed by atoms with Crippen LogP contribution in [0.3, 0.4) is 0 Å². The third-order valence-corrected chi connectivity index (χ3v) is 6.46. The molecule has 0 N–H and O–H groups in total. The third-order valence-electron chi connectivity index (χ3n) is 3.72. The van der Waals surface area contributed by atoms with Crippen LogP contribution in [0.2, 0.25) is 0 Å². The standard InChI is InChI=1S/C16H12Br2O3S/c17-6-5-10-1-3-12-13-4-2-11(14(19)9-18)8-16(13)22(20,21)15(12)7-10/h1-4,7-8H,5-6,9H2. The van der Waals surface area contributed by atoms with Crippen LogP contribution in [0, 0.1) is 0 Å². The molecule has 0 amide bonds. The fourth-order valence-electron chi connectivity index (χ4n) is 2.61. The van der Waals surface area contributed by atoms with E-state index in [1.807, 2.05) is 12.1 Å². The number of rotatable bonds is 4. The quantitative estimate of drug-likeness (QED) is 0.452. The number of aryl methyl sites for hydroxylation is 1. The van der Waals surface area contributed by atoms with Crippen LogP contribution in [-0.4, -0.2) is 24.9 Å². The zero-order chi connectivity index (χ0) is 15.9. The van der Waals surface area contributed by atoms with Crippen molar-refractivity contribution in [1.82, 2.24) is 0 Å². The Hall–Kier alpha value is -0.980. The van der Waals surface area contributed by atoms with E-state index in [2.05, 4.69) is 31.9 Å².